The summed E-state index contributed by atoms with van der Waals surface area (Å²) in [6.45, 7) is 2.24. The average Bonchev–Trinajstić information content (AvgIpc) is 2.60. The Balaban J connectivity index is 2.14. The summed E-state index contributed by atoms with van der Waals surface area (Å²) in [6.07, 6.45) is 13.4. The van der Waals surface area contributed by atoms with Gasteiger partial charge in [0.05, 0.1) is 13.3 Å². The fraction of sp³-hybridized carbons (Fsp3) is 0.600. The van der Waals surface area contributed by atoms with Crippen molar-refractivity contribution in [1.82, 2.24) is 5.43 Å². The summed E-state index contributed by atoms with van der Waals surface area (Å²) in [5.41, 5.74) is 3.41. The van der Waals surface area contributed by atoms with Crippen molar-refractivity contribution >= 4 is 28.1 Å². The molecular formula is C20H31BrN2O2. The molecule has 1 aromatic rings. The Kier molecular flexibility index (Phi) is 12.0. The number of carbonyl (C=O) groups excluding carboxylic acids is 1. The number of ether oxygens (including phenoxy) is 1. The number of unbranched alkanes of at least 4 members (excludes halogenated alkanes) is 8. The maximum atomic E-state index is 11.8. The van der Waals surface area contributed by atoms with E-state index in [1.807, 2.05) is 18.2 Å². The Morgan fingerprint density at radius 2 is 1.76 bits per heavy atom. The average molecular weight is 411 g/mol. The minimum atomic E-state index is -0.0341. The van der Waals surface area contributed by atoms with Gasteiger partial charge in [-0.05, 0) is 24.6 Å². The van der Waals surface area contributed by atoms with Gasteiger partial charge in [0.25, 0.3) is 0 Å². The van der Waals surface area contributed by atoms with Crippen molar-refractivity contribution in [2.75, 3.05) is 7.11 Å². The van der Waals surface area contributed by atoms with Crippen LogP contribution in [0.3, 0.4) is 0 Å². The highest BCUT2D eigenvalue weighted by Crippen LogP contribution is 2.21. The van der Waals surface area contributed by atoms with Gasteiger partial charge in [-0.3, -0.25) is 4.79 Å². The van der Waals surface area contributed by atoms with Crippen LogP contribution in [-0.2, 0) is 4.79 Å². The van der Waals surface area contributed by atoms with E-state index in [0.717, 1.165) is 28.6 Å². The summed E-state index contributed by atoms with van der Waals surface area (Å²) in [4.78, 5) is 11.8. The summed E-state index contributed by atoms with van der Waals surface area (Å²) in [6, 6.07) is 5.66. The molecule has 0 fully saturated rings. The van der Waals surface area contributed by atoms with Crippen molar-refractivity contribution in [1.29, 1.82) is 0 Å². The topological polar surface area (TPSA) is 50.7 Å². The van der Waals surface area contributed by atoms with Gasteiger partial charge in [-0.1, -0.05) is 74.2 Å². The Bertz CT molecular complexity index is 532. The molecule has 1 aromatic carbocycles. The maximum absolute atomic E-state index is 11.8. The van der Waals surface area contributed by atoms with E-state index in [2.05, 4.69) is 33.4 Å². The molecular weight excluding hydrogens is 380 g/mol. The number of nitrogens with one attached hydrogen (secondary N) is 1. The van der Waals surface area contributed by atoms with Crippen LogP contribution in [0.1, 0.15) is 76.7 Å². The van der Waals surface area contributed by atoms with Gasteiger partial charge in [-0.25, -0.2) is 5.43 Å². The van der Waals surface area contributed by atoms with Crippen molar-refractivity contribution in [2.24, 2.45) is 5.10 Å². The number of benzene rings is 1. The number of carbonyl (C=O) groups is 1. The van der Waals surface area contributed by atoms with E-state index in [1.165, 1.54) is 44.9 Å². The summed E-state index contributed by atoms with van der Waals surface area (Å²) in [7, 11) is 1.61. The molecule has 0 aliphatic rings. The predicted octanol–water partition coefficient (Wildman–Crippen LogP) is 5.83. The molecule has 0 aliphatic heterocycles. The first-order valence-electron chi connectivity index (χ1n) is 9.32. The van der Waals surface area contributed by atoms with E-state index in [0.29, 0.717) is 6.42 Å². The summed E-state index contributed by atoms with van der Waals surface area (Å²) in [5.74, 6) is 0.688. The van der Waals surface area contributed by atoms with Gasteiger partial charge >= 0.3 is 0 Å². The second kappa shape index (κ2) is 13.9. The molecule has 5 heteroatoms. The molecule has 1 N–H and O–H groups in total. The number of hydrogen-bond donors (Lipinski definition) is 1. The summed E-state index contributed by atoms with van der Waals surface area (Å²) >= 11 is 3.41. The number of methoxy groups -OCH3 is 1. The highest BCUT2D eigenvalue weighted by molar-refractivity contribution is 9.10. The lowest BCUT2D eigenvalue weighted by Gasteiger charge is -2.05. The first-order valence-corrected chi connectivity index (χ1v) is 10.1. The molecule has 0 atom stereocenters. The standard InChI is InChI=1S/C20H31BrN2O2/c1-3-4-5-6-7-8-9-10-11-12-20(24)23-22-16-17-15-18(21)13-14-19(17)25-2/h13-16H,3-12H2,1-2H3,(H,23,24). The minimum absolute atomic E-state index is 0.0341. The maximum Gasteiger partial charge on any atom is 0.240 e. The van der Waals surface area contributed by atoms with Gasteiger partial charge in [-0.2, -0.15) is 5.10 Å². The number of nitrogens with zero attached hydrogens (tertiary/aromatic N) is 1. The SMILES string of the molecule is CCCCCCCCCCCC(=O)NN=Cc1cc(Br)ccc1OC. The molecule has 0 radical (unpaired) electrons. The zero-order valence-electron chi connectivity index (χ0n) is 15.5. The lowest BCUT2D eigenvalue weighted by molar-refractivity contribution is -0.121. The lowest BCUT2D eigenvalue weighted by Crippen LogP contribution is -2.17. The molecule has 0 saturated heterocycles. The third kappa shape index (κ3) is 10.3. The van der Waals surface area contributed by atoms with Gasteiger partial charge in [0.1, 0.15) is 5.75 Å². The molecule has 0 heterocycles. The summed E-state index contributed by atoms with van der Waals surface area (Å²) in [5, 5.41) is 4.02. The van der Waals surface area contributed by atoms with Crippen LogP contribution >= 0.6 is 15.9 Å². The smallest absolute Gasteiger partial charge is 0.240 e. The predicted molar refractivity (Wildman–Crippen MR) is 108 cm³/mol. The monoisotopic (exact) mass is 410 g/mol. The van der Waals surface area contributed by atoms with Crippen molar-refractivity contribution in [3.63, 3.8) is 0 Å². The number of rotatable bonds is 13. The third-order valence-electron chi connectivity index (χ3n) is 4.09. The first kappa shape index (κ1) is 21.7. The molecule has 4 nitrogen and oxygen atoms in total. The fourth-order valence-electron chi connectivity index (χ4n) is 2.63. The van der Waals surface area contributed by atoms with Crippen LogP contribution in [-0.4, -0.2) is 19.2 Å². The van der Waals surface area contributed by atoms with Gasteiger partial charge in [0.2, 0.25) is 5.91 Å². The zero-order valence-corrected chi connectivity index (χ0v) is 17.1. The second-order valence-corrected chi connectivity index (χ2v) is 7.17. The van der Waals surface area contributed by atoms with E-state index in [4.69, 9.17) is 4.74 Å². The van der Waals surface area contributed by atoms with Crippen molar-refractivity contribution in [3.8, 4) is 5.75 Å². The molecule has 1 amide bonds. The van der Waals surface area contributed by atoms with Crippen LogP contribution in [0.5, 0.6) is 5.75 Å². The van der Waals surface area contributed by atoms with Gasteiger partial charge in [0, 0.05) is 16.5 Å². The van der Waals surface area contributed by atoms with Crippen LogP contribution in [0.4, 0.5) is 0 Å². The minimum Gasteiger partial charge on any atom is -0.496 e. The van der Waals surface area contributed by atoms with Crippen molar-refractivity contribution in [2.45, 2.75) is 71.1 Å². The highest BCUT2D eigenvalue weighted by atomic mass is 79.9. The zero-order chi connectivity index (χ0) is 18.3. The largest absolute Gasteiger partial charge is 0.496 e. The Morgan fingerprint density at radius 1 is 1.12 bits per heavy atom. The highest BCUT2D eigenvalue weighted by Gasteiger charge is 2.02. The molecule has 0 spiro atoms. The number of hydrazone groups is 1. The van der Waals surface area contributed by atoms with Crippen LogP contribution < -0.4 is 10.2 Å². The van der Waals surface area contributed by atoms with E-state index in [-0.39, 0.29) is 5.91 Å². The molecule has 0 aliphatic carbocycles. The molecule has 140 valence electrons. The Morgan fingerprint density at radius 3 is 2.40 bits per heavy atom. The fourth-order valence-corrected chi connectivity index (χ4v) is 3.01. The quantitative estimate of drug-likeness (QED) is 0.252. The molecule has 0 aromatic heterocycles. The number of amides is 1. The normalized spacial score (nSPS) is 11.0. The molecule has 0 unspecified atom stereocenters. The Hall–Kier alpha value is -1.36. The van der Waals surface area contributed by atoms with E-state index >= 15 is 0 Å². The molecule has 1 rings (SSSR count). The van der Waals surface area contributed by atoms with Gasteiger partial charge in [-0.15, -0.1) is 0 Å². The first-order chi connectivity index (χ1) is 12.2. The Labute approximate surface area is 160 Å². The van der Waals surface area contributed by atoms with E-state index in [1.54, 1.807) is 13.3 Å². The number of halogens is 1. The van der Waals surface area contributed by atoms with E-state index in [9.17, 15) is 4.79 Å². The van der Waals surface area contributed by atoms with Crippen molar-refractivity contribution in [3.05, 3.63) is 28.2 Å². The summed E-state index contributed by atoms with van der Waals surface area (Å²) < 4.78 is 6.21. The van der Waals surface area contributed by atoms with Crippen molar-refractivity contribution < 1.29 is 9.53 Å². The molecule has 0 saturated carbocycles. The van der Waals surface area contributed by atoms with Crippen LogP contribution in [0.2, 0.25) is 0 Å². The number of hydrogen-bond acceptors (Lipinski definition) is 3. The van der Waals surface area contributed by atoms with Gasteiger partial charge in [0.15, 0.2) is 0 Å². The molecule has 0 bridgehead atoms. The van der Waals surface area contributed by atoms with Crippen LogP contribution in [0.25, 0.3) is 0 Å². The lowest BCUT2D eigenvalue weighted by atomic mass is 10.1. The van der Waals surface area contributed by atoms with E-state index < -0.39 is 0 Å². The third-order valence-corrected chi connectivity index (χ3v) is 4.59. The van der Waals surface area contributed by atoms with Crippen LogP contribution in [0, 0.1) is 0 Å². The second-order valence-electron chi connectivity index (χ2n) is 6.26. The van der Waals surface area contributed by atoms with Gasteiger partial charge < -0.3 is 4.74 Å². The van der Waals surface area contributed by atoms with Crippen LogP contribution in [0.15, 0.2) is 27.8 Å². The molecule has 25 heavy (non-hydrogen) atoms.